The Balaban J connectivity index is 1.99. The Labute approximate surface area is 142 Å². The summed E-state index contributed by atoms with van der Waals surface area (Å²) < 4.78 is 11.4. The fourth-order valence-electron chi connectivity index (χ4n) is 1.79. The van der Waals surface area contributed by atoms with Crippen LogP contribution < -0.4 is 14.8 Å². The largest absolute Gasteiger partial charge is 0.497 e. The standard InChI is InChI=1S/C16H16BrNO3S/c1-20-11-7-8-13(14(9-11)21-2)18-16(19)10-22-15-6-4-3-5-12(15)17/h3-9H,10H2,1-2H3,(H,18,19). The first kappa shape index (κ1) is 16.7. The van der Waals surface area contributed by atoms with E-state index in [4.69, 9.17) is 9.47 Å². The highest BCUT2D eigenvalue weighted by atomic mass is 79.9. The zero-order valence-electron chi connectivity index (χ0n) is 12.3. The fourth-order valence-corrected chi connectivity index (χ4v) is 3.16. The van der Waals surface area contributed by atoms with Crippen molar-refractivity contribution in [1.82, 2.24) is 0 Å². The van der Waals surface area contributed by atoms with Crippen molar-refractivity contribution < 1.29 is 14.3 Å². The number of hydrogen-bond donors (Lipinski definition) is 1. The van der Waals surface area contributed by atoms with E-state index in [1.165, 1.54) is 11.8 Å². The van der Waals surface area contributed by atoms with Gasteiger partial charge in [-0.05, 0) is 40.2 Å². The van der Waals surface area contributed by atoms with Crippen LogP contribution in [0.3, 0.4) is 0 Å². The Morgan fingerprint density at radius 1 is 1.18 bits per heavy atom. The van der Waals surface area contributed by atoms with E-state index in [2.05, 4.69) is 21.2 Å². The lowest BCUT2D eigenvalue weighted by Gasteiger charge is -2.11. The SMILES string of the molecule is COc1ccc(NC(=O)CSc2ccccc2Br)c(OC)c1. The van der Waals surface area contributed by atoms with Crippen LogP contribution in [-0.4, -0.2) is 25.9 Å². The summed E-state index contributed by atoms with van der Waals surface area (Å²) in [6.07, 6.45) is 0. The Bertz CT molecular complexity index is 664. The fraction of sp³-hybridized carbons (Fsp3) is 0.188. The van der Waals surface area contributed by atoms with Crippen molar-refractivity contribution in [3.05, 3.63) is 46.9 Å². The second-order valence-electron chi connectivity index (χ2n) is 4.33. The molecular weight excluding hydrogens is 366 g/mol. The smallest absolute Gasteiger partial charge is 0.234 e. The van der Waals surface area contributed by atoms with E-state index in [1.807, 2.05) is 24.3 Å². The molecule has 22 heavy (non-hydrogen) atoms. The van der Waals surface area contributed by atoms with Crippen LogP contribution >= 0.6 is 27.7 Å². The van der Waals surface area contributed by atoms with Gasteiger partial charge in [-0.3, -0.25) is 4.79 Å². The molecule has 0 heterocycles. The zero-order chi connectivity index (χ0) is 15.9. The van der Waals surface area contributed by atoms with Crippen LogP contribution in [0.5, 0.6) is 11.5 Å². The lowest BCUT2D eigenvalue weighted by atomic mass is 10.2. The highest BCUT2D eigenvalue weighted by molar-refractivity contribution is 9.10. The number of anilines is 1. The summed E-state index contributed by atoms with van der Waals surface area (Å²) in [7, 11) is 3.14. The van der Waals surface area contributed by atoms with Gasteiger partial charge in [-0.25, -0.2) is 0 Å². The summed E-state index contributed by atoms with van der Waals surface area (Å²) in [5, 5.41) is 2.85. The summed E-state index contributed by atoms with van der Waals surface area (Å²) in [4.78, 5) is 13.1. The third kappa shape index (κ3) is 4.42. The second kappa shape index (κ2) is 8.10. The van der Waals surface area contributed by atoms with Gasteiger partial charge >= 0.3 is 0 Å². The van der Waals surface area contributed by atoms with Crippen molar-refractivity contribution >= 4 is 39.3 Å². The number of carbonyl (C=O) groups excluding carboxylic acids is 1. The van der Waals surface area contributed by atoms with Crippen LogP contribution in [0.25, 0.3) is 0 Å². The first-order valence-corrected chi connectivity index (χ1v) is 8.31. The van der Waals surface area contributed by atoms with Gasteiger partial charge in [0.2, 0.25) is 5.91 Å². The van der Waals surface area contributed by atoms with Gasteiger partial charge < -0.3 is 14.8 Å². The van der Waals surface area contributed by atoms with Crippen LogP contribution in [0.15, 0.2) is 51.8 Å². The second-order valence-corrected chi connectivity index (χ2v) is 6.21. The van der Waals surface area contributed by atoms with Gasteiger partial charge in [0.25, 0.3) is 0 Å². The predicted octanol–water partition coefficient (Wildman–Crippen LogP) is 4.20. The molecule has 0 unspecified atom stereocenters. The summed E-state index contributed by atoms with van der Waals surface area (Å²) in [6, 6.07) is 13.1. The Hall–Kier alpha value is -1.66. The van der Waals surface area contributed by atoms with Crippen LogP contribution in [0.2, 0.25) is 0 Å². The average molecular weight is 382 g/mol. The number of ether oxygens (including phenoxy) is 2. The molecule has 116 valence electrons. The maximum Gasteiger partial charge on any atom is 0.234 e. The molecule has 0 aliphatic rings. The van der Waals surface area contributed by atoms with Crippen LogP contribution in [-0.2, 0) is 4.79 Å². The molecular formula is C16H16BrNO3S. The summed E-state index contributed by atoms with van der Waals surface area (Å²) >= 11 is 4.94. The van der Waals surface area contributed by atoms with Crippen LogP contribution in [0.4, 0.5) is 5.69 Å². The summed E-state index contributed by atoms with van der Waals surface area (Å²) in [6.45, 7) is 0. The molecule has 0 aliphatic carbocycles. The minimum Gasteiger partial charge on any atom is -0.497 e. The molecule has 2 aromatic rings. The number of halogens is 1. The third-order valence-corrected chi connectivity index (χ3v) is 4.91. The lowest BCUT2D eigenvalue weighted by Crippen LogP contribution is -2.14. The molecule has 0 spiro atoms. The van der Waals surface area contributed by atoms with E-state index in [9.17, 15) is 4.79 Å². The van der Waals surface area contributed by atoms with Crippen LogP contribution in [0, 0.1) is 0 Å². The number of rotatable bonds is 6. The average Bonchev–Trinajstić information content (AvgIpc) is 2.54. The predicted molar refractivity (Wildman–Crippen MR) is 93.0 cm³/mol. The van der Waals surface area contributed by atoms with E-state index in [-0.39, 0.29) is 5.91 Å². The minimum absolute atomic E-state index is 0.0933. The number of nitrogens with one attached hydrogen (secondary N) is 1. The number of methoxy groups -OCH3 is 2. The topological polar surface area (TPSA) is 47.6 Å². The lowest BCUT2D eigenvalue weighted by molar-refractivity contribution is -0.113. The highest BCUT2D eigenvalue weighted by Crippen LogP contribution is 2.30. The normalized spacial score (nSPS) is 10.1. The number of carbonyl (C=O) groups is 1. The van der Waals surface area contributed by atoms with Gasteiger partial charge in [0.1, 0.15) is 11.5 Å². The maximum atomic E-state index is 12.1. The van der Waals surface area contributed by atoms with Crippen LogP contribution in [0.1, 0.15) is 0 Å². The zero-order valence-corrected chi connectivity index (χ0v) is 14.7. The molecule has 0 atom stereocenters. The van der Waals surface area contributed by atoms with Crippen molar-refractivity contribution in [3.63, 3.8) is 0 Å². The number of hydrogen-bond acceptors (Lipinski definition) is 4. The molecule has 0 saturated carbocycles. The van der Waals surface area contributed by atoms with Gasteiger partial charge in [-0.2, -0.15) is 0 Å². The number of amides is 1. The molecule has 6 heteroatoms. The molecule has 1 amide bonds. The van der Waals surface area contributed by atoms with Gasteiger partial charge in [0, 0.05) is 15.4 Å². The summed E-state index contributed by atoms with van der Waals surface area (Å²) in [5.41, 5.74) is 0.626. The van der Waals surface area contributed by atoms with Crippen molar-refractivity contribution in [2.45, 2.75) is 4.90 Å². The number of benzene rings is 2. The Morgan fingerprint density at radius 2 is 1.95 bits per heavy atom. The van der Waals surface area contributed by atoms with Gasteiger partial charge in [0.05, 0.1) is 25.7 Å². The monoisotopic (exact) mass is 381 g/mol. The van der Waals surface area contributed by atoms with Gasteiger partial charge in [0.15, 0.2) is 0 Å². The highest BCUT2D eigenvalue weighted by Gasteiger charge is 2.10. The molecule has 2 aromatic carbocycles. The van der Waals surface area contributed by atoms with Crippen molar-refractivity contribution in [2.75, 3.05) is 25.3 Å². The van der Waals surface area contributed by atoms with E-state index in [1.54, 1.807) is 32.4 Å². The molecule has 2 rings (SSSR count). The van der Waals surface area contributed by atoms with E-state index < -0.39 is 0 Å². The molecule has 0 saturated heterocycles. The molecule has 0 bridgehead atoms. The Kier molecular flexibility index (Phi) is 6.15. The molecule has 4 nitrogen and oxygen atoms in total. The summed E-state index contributed by atoms with van der Waals surface area (Å²) in [5.74, 6) is 1.47. The Morgan fingerprint density at radius 3 is 2.64 bits per heavy atom. The molecule has 0 fully saturated rings. The van der Waals surface area contributed by atoms with Crippen molar-refractivity contribution in [3.8, 4) is 11.5 Å². The van der Waals surface area contributed by atoms with E-state index >= 15 is 0 Å². The quantitative estimate of drug-likeness (QED) is 0.761. The van der Waals surface area contributed by atoms with Crippen molar-refractivity contribution in [1.29, 1.82) is 0 Å². The van der Waals surface area contributed by atoms with Crippen molar-refractivity contribution in [2.24, 2.45) is 0 Å². The van der Waals surface area contributed by atoms with E-state index in [0.717, 1.165) is 9.37 Å². The molecule has 0 aliphatic heterocycles. The molecule has 1 N–H and O–H groups in total. The van der Waals surface area contributed by atoms with Gasteiger partial charge in [-0.1, -0.05) is 12.1 Å². The third-order valence-electron chi connectivity index (χ3n) is 2.88. The number of thioether (sulfide) groups is 1. The first-order valence-electron chi connectivity index (χ1n) is 6.53. The maximum absolute atomic E-state index is 12.1. The van der Waals surface area contributed by atoms with Gasteiger partial charge in [-0.15, -0.1) is 11.8 Å². The first-order chi connectivity index (χ1) is 10.6. The van der Waals surface area contributed by atoms with E-state index in [0.29, 0.717) is 22.9 Å². The minimum atomic E-state index is -0.0933. The molecule has 0 aromatic heterocycles. The molecule has 0 radical (unpaired) electrons.